The largest absolute Gasteiger partial charge is 0.466 e. The molecule has 1 fully saturated rings. The van der Waals surface area contributed by atoms with Gasteiger partial charge in [0.05, 0.1) is 24.8 Å². The predicted molar refractivity (Wildman–Crippen MR) is 102 cm³/mol. The molecule has 0 spiro atoms. The number of hydrogen-bond acceptors (Lipinski definition) is 6. The summed E-state index contributed by atoms with van der Waals surface area (Å²) in [6, 6.07) is 3.16. The van der Waals surface area contributed by atoms with Crippen LogP contribution >= 0.6 is 11.3 Å². The fourth-order valence-electron chi connectivity index (χ4n) is 3.10. The van der Waals surface area contributed by atoms with E-state index in [9.17, 15) is 18.4 Å². The highest BCUT2D eigenvalue weighted by molar-refractivity contribution is 7.14. The summed E-state index contributed by atoms with van der Waals surface area (Å²) in [5, 5.41) is 4.58. The lowest BCUT2D eigenvalue weighted by molar-refractivity contribution is -0.149. The Kier molecular flexibility index (Phi) is 6.69. The molecule has 1 aliphatic rings. The van der Waals surface area contributed by atoms with Crippen molar-refractivity contribution in [2.45, 2.75) is 19.8 Å². The summed E-state index contributed by atoms with van der Waals surface area (Å²) in [4.78, 5) is 30.1. The van der Waals surface area contributed by atoms with Crippen molar-refractivity contribution in [3.8, 4) is 11.3 Å². The first kappa shape index (κ1) is 20.3. The molecule has 1 aromatic heterocycles. The molecule has 1 aromatic carbocycles. The monoisotopic (exact) mass is 409 g/mol. The van der Waals surface area contributed by atoms with Crippen LogP contribution in [0.1, 0.15) is 19.8 Å². The van der Waals surface area contributed by atoms with Crippen molar-refractivity contribution in [1.29, 1.82) is 0 Å². The molecule has 6 nitrogen and oxygen atoms in total. The molecule has 0 radical (unpaired) electrons. The third kappa shape index (κ3) is 5.11. The van der Waals surface area contributed by atoms with Crippen molar-refractivity contribution in [2.24, 2.45) is 5.92 Å². The van der Waals surface area contributed by atoms with Gasteiger partial charge in [0.2, 0.25) is 5.91 Å². The lowest BCUT2D eigenvalue weighted by atomic mass is 9.97. The van der Waals surface area contributed by atoms with Gasteiger partial charge in [0.1, 0.15) is 11.6 Å². The predicted octanol–water partition coefficient (Wildman–Crippen LogP) is 3.30. The number of halogens is 2. The zero-order chi connectivity index (χ0) is 20.1. The van der Waals surface area contributed by atoms with E-state index in [0.29, 0.717) is 37.7 Å². The number of benzene rings is 1. The number of esters is 1. The van der Waals surface area contributed by atoms with Gasteiger partial charge in [-0.15, -0.1) is 11.3 Å². The number of likely N-dealkylation sites (tertiary alicyclic amines) is 1. The van der Waals surface area contributed by atoms with E-state index in [0.717, 1.165) is 29.5 Å². The molecule has 2 aromatic rings. The average Bonchev–Trinajstić information content (AvgIpc) is 3.12. The molecule has 150 valence electrons. The number of amides is 1. The molecular weight excluding hydrogens is 388 g/mol. The molecule has 1 amide bonds. The van der Waals surface area contributed by atoms with Crippen LogP contribution in [0.5, 0.6) is 0 Å². The summed E-state index contributed by atoms with van der Waals surface area (Å²) in [5.41, 5.74) is 0.324. The molecule has 28 heavy (non-hydrogen) atoms. The molecule has 0 bridgehead atoms. The van der Waals surface area contributed by atoms with E-state index in [1.165, 1.54) is 0 Å². The minimum absolute atomic E-state index is 0.0535. The second-order valence-corrected chi connectivity index (χ2v) is 7.37. The minimum atomic E-state index is -0.575. The van der Waals surface area contributed by atoms with Crippen LogP contribution in [0.3, 0.4) is 0 Å². The maximum absolute atomic E-state index is 13.8. The molecule has 0 saturated carbocycles. The summed E-state index contributed by atoms with van der Waals surface area (Å²) in [6.45, 7) is 3.60. The lowest BCUT2D eigenvalue weighted by Gasteiger charge is -2.30. The van der Waals surface area contributed by atoms with E-state index in [4.69, 9.17) is 4.74 Å². The molecule has 3 rings (SSSR count). The standard InChI is InChI=1S/C19H21F2N3O3S/c1-2-27-18(26)12-5-7-24(8-6-12)10-17(25)23-19-22-16(11-28-19)14-9-13(20)3-4-15(14)21/h3-4,9,11-12H,2,5-8,10H2,1H3,(H,22,23,25). The van der Waals surface area contributed by atoms with E-state index in [2.05, 4.69) is 10.3 Å². The quantitative estimate of drug-likeness (QED) is 0.742. The highest BCUT2D eigenvalue weighted by Crippen LogP contribution is 2.27. The number of rotatable bonds is 6. The molecule has 1 N–H and O–H groups in total. The fraction of sp³-hybridized carbons (Fsp3) is 0.421. The Morgan fingerprint density at radius 2 is 2.07 bits per heavy atom. The summed E-state index contributed by atoms with van der Waals surface area (Å²) in [5.74, 6) is -1.65. The Hall–Kier alpha value is -2.39. The number of carbonyl (C=O) groups excluding carboxylic acids is 2. The van der Waals surface area contributed by atoms with Crippen LogP contribution in [0, 0.1) is 17.6 Å². The number of ether oxygens (including phenoxy) is 1. The minimum Gasteiger partial charge on any atom is -0.466 e. The van der Waals surface area contributed by atoms with Crippen molar-refractivity contribution in [3.63, 3.8) is 0 Å². The van der Waals surface area contributed by atoms with Crippen molar-refractivity contribution < 1.29 is 23.1 Å². The van der Waals surface area contributed by atoms with Gasteiger partial charge in [0.15, 0.2) is 5.13 Å². The number of thiazole rings is 1. The summed E-state index contributed by atoms with van der Waals surface area (Å²) in [7, 11) is 0. The molecule has 1 aliphatic heterocycles. The third-order valence-corrected chi connectivity index (χ3v) is 5.29. The van der Waals surface area contributed by atoms with Crippen LogP contribution in [-0.2, 0) is 14.3 Å². The van der Waals surface area contributed by atoms with Crippen LogP contribution in [0.4, 0.5) is 13.9 Å². The van der Waals surface area contributed by atoms with E-state index < -0.39 is 11.6 Å². The van der Waals surface area contributed by atoms with Crippen molar-refractivity contribution in [2.75, 3.05) is 31.6 Å². The Bertz CT molecular complexity index is 851. The Labute approximate surface area is 165 Å². The smallest absolute Gasteiger partial charge is 0.309 e. The van der Waals surface area contributed by atoms with Crippen LogP contribution in [0.2, 0.25) is 0 Å². The van der Waals surface area contributed by atoms with Gasteiger partial charge < -0.3 is 10.1 Å². The molecule has 1 saturated heterocycles. The first-order chi connectivity index (χ1) is 13.5. The van der Waals surface area contributed by atoms with Gasteiger partial charge in [0.25, 0.3) is 0 Å². The normalized spacial score (nSPS) is 15.4. The molecular formula is C19H21F2N3O3S. The van der Waals surface area contributed by atoms with Crippen molar-refractivity contribution in [3.05, 3.63) is 35.2 Å². The number of piperidine rings is 1. The first-order valence-electron chi connectivity index (χ1n) is 9.06. The maximum Gasteiger partial charge on any atom is 0.309 e. The van der Waals surface area contributed by atoms with Crippen LogP contribution in [0.15, 0.2) is 23.6 Å². The van der Waals surface area contributed by atoms with Crippen molar-refractivity contribution in [1.82, 2.24) is 9.88 Å². The SMILES string of the molecule is CCOC(=O)C1CCN(CC(=O)Nc2nc(-c3cc(F)ccc3F)cs2)CC1. The number of hydrogen-bond donors (Lipinski definition) is 1. The van der Waals surface area contributed by atoms with Gasteiger partial charge in [-0.3, -0.25) is 14.5 Å². The Morgan fingerprint density at radius 1 is 1.32 bits per heavy atom. The number of aromatic nitrogens is 1. The van der Waals surface area contributed by atoms with Gasteiger partial charge in [-0.2, -0.15) is 0 Å². The molecule has 0 atom stereocenters. The van der Waals surface area contributed by atoms with Gasteiger partial charge >= 0.3 is 5.97 Å². The zero-order valence-electron chi connectivity index (χ0n) is 15.4. The molecule has 9 heteroatoms. The van der Waals surface area contributed by atoms with Gasteiger partial charge in [0, 0.05) is 10.9 Å². The number of anilines is 1. The van der Waals surface area contributed by atoms with E-state index in [-0.39, 0.29) is 35.6 Å². The van der Waals surface area contributed by atoms with E-state index >= 15 is 0 Å². The van der Waals surface area contributed by atoms with Crippen LogP contribution in [-0.4, -0.2) is 48.0 Å². The highest BCUT2D eigenvalue weighted by Gasteiger charge is 2.26. The fourth-order valence-corrected chi connectivity index (χ4v) is 3.82. The second kappa shape index (κ2) is 9.20. The summed E-state index contributed by atoms with van der Waals surface area (Å²) < 4.78 is 32.2. The summed E-state index contributed by atoms with van der Waals surface area (Å²) >= 11 is 1.15. The number of nitrogens with zero attached hydrogens (tertiary/aromatic N) is 2. The molecule has 2 heterocycles. The number of nitrogens with one attached hydrogen (secondary N) is 1. The van der Waals surface area contributed by atoms with Gasteiger partial charge in [-0.25, -0.2) is 13.8 Å². The number of carbonyl (C=O) groups is 2. The average molecular weight is 409 g/mol. The van der Waals surface area contributed by atoms with Gasteiger partial charge in [-0.05, 0) is 51.1 Å². The van der Waals surface area contributed by atoms with Gasteiger partial charge in [-0.1, -0.05) is 0 Å². The zero-order valence-corrected chi connectivity index (χ0v) is 16.2. The molecule has 0 aliphatic carbocycles. The molecule has 0 unspecified atom stereocenters. The summed E-state index contributed by atoms with van der Waals surface area (Å²) in [6.07, 6.45) is 1.32. The second-order valence-electron chi connectivity index (χ2n) is 6.51. The first-order valence-corrected chi connectivity index (χ1v) is 9.94. The van der Waals surface area contributed by atoms with E-state index in [1.54, 1.807) is 12.3 Å². The maximum atomic E-state index is 13.8. The highest BCUT2D eigenvalue weighted by atomic mass is 32.1. The van der Waals surface area contributed by atoms with Crippen molar-refractivity contribution >= 4 is 28.3 Å². The Balaban J connectivity index is 1.52. The lowest BCUT2D eigenvalue weighted by Crippen LogP contribution is -2.41. The Morgan fingerprint density at radius 3 is 2.79 bits per heavy atom. The third-order valence-electron chi connectivity index (χ3n) is 4.53. The van der Waals surface area contributed by atoms with E-state index in [1.807, 2.05) is 4.90 Å². The van der Waals surface area contributed by atoms with Crippen LogP contribution < -0.4 is 5.32 Å². The topological polar surface area (TPSA) is 71.5 Å². The van der Waals surface area contributed by atoms with Crippen LogP contribution in [0.25, 0.3) is 11.3 Å².